The number of fused-ring (bicyclic) bond motifs is 1. The van der Waals surface area contributed by atoms with Gasteiger partial charge in [0, 0.05) is 11.5 Å². The first kappa shape index (κ1) is 18.3. The lowest BCUT2D eigenvalue weighted by Gasteiger charge is -2.07. The molecule has 0 saturated carbocycles. The van der Waals surface area contributed by atoms with Crippen LogP contribution < -0.4 is 4.74 Å². The Balaban J connectivity index is 1.93. The Labute approximate surface area is 157 Å². The summed E-state index contributed by atoms with van der Waals surface area (Å²) in [6, 6.07) is 7.58. The molecule has 0 spiro atoms. The molecule has 0 bridgehead atoms. The van der Waals surface area contributed by atoms with E-state index in [9.17, 15) is 4.79 Å². The summed E-state index contributed by atoms with van der Waals surface area (Å²) in [5, 5.41) is 5.68. The van der Waals surface area contributed by atoms with Crippen LogP contribution in [0, 0.1) is 0 Å². The SMILES string of the molecule is C=C(C)COc1ccc(-c2nc3sc(C(CC)CC)nn3c2C=O)cc1. The second kappa shape index (κ2) is 7.83. The summed E-state index contributed by atoms with van der Waals surface area (Å²) in [6.07, 6.45) is 2.89. The lowest BCUT2D eigenvalue weighted by molar-refractivity contribution is 0.111. The predicted molar refractivity (Wildman–Crippen MR) is 105 cm³/mol. The minimum atomic E-state index is 0.411. The summed E-state index contributed by atoms with van der Waals surface area (Å²) in [6.45, 7) is 10.5. The van der Waals surface area contributed by atoms with E-state index in [1.807, 2.05) is 31.2 Å². The number of carbonyl (C=O) groups is 1. The predicted octanol–water partition coefficient (Wildman–Crippen LogP) is 5.13. The number of hydrogen-bond donors (Lipinski definition) is 0. The molecule has 0 unspecified atom stereocenters. The third kappa shape index (κ3) is 3.55. The largest absolute Gasteiger partial charge is 0.489 e. The highest BCUT2D eigenvalue weighted by atomic mass is 32.1. The maximum Gasteiger partial charge on any atom is 0.213 e. The van der Waals surface area contributed by atoms with Gasteiger partial charge >= 0.3 is 0 Å². The Kier molecular flexibility index (Phi) is 5.52. The third-order valence-electron chi connectivity index (χ3n) is 4.31. The fraction of sp³-hybridized carbons (Fsp3) is 0.350. The Bertz CT molecular complexity index is 921. The van der Waals surface area contributed by atoms with Crippen molar-refractivity contribution in [3.63, 3.8) is 0 Å². The van der Waals surface area contributed by atoms with Crippen LogP contribution in [0.25, 0.3) is 16.2 Å². The van der Waals surface area contributed by atoms with Crippen molar-refractivity contribution in [1.82, 2.24) is 14.6 Å². The van der Waals surface area contributed by atoms with Gasteiger partial charge in [-0.05, 0) is 49.6 Å². The Morgan fingerprint density at radius 2 is 2.00 bits per heavy atom. The van der Waals surface area contributed by atoms with Crippen LogP contribution in [0.1, 0.15) is 55.0 Å². The molecule has 0 saturated heterocycles. The number of rotatable bonds is 8. The molecule has 1 aromatic carbocycles. The molecule has 2 heterocycles. The maximum atomic E-state index is 11.7. The molecule has 0 atom stereocenters. The monoisotopic (exact) mass is 369 g/mol. The molecule has 5 nitrogen and oxygen atoms in total. The third-order valence-corrected chi connectivity index (χ3v) is 5.38. The van der Waals surface area contributed by atoms with E-state index >= 15 is 0 Å². The topological polar surface area (TPSA) is 56.5 Å². The Morgan fingerprint density at radius 3 is 2.58 bits per heavy atom. The average molecular weight is 369 g/mol. The lowest BCUT2D eigenvalue weighted by Crippen LogP contribution is -1.99. The molecule has 3 rings (SSSR count). The summed E-state index contributed by atoms with van der Waals surface area (Å²) in [4.78, 5) is 17.1. The first-order chi connectivity index (χ1) is 12.6. The van der Waals surface area contributed by atoms with Gasteiger partial charge in [-0.2, -0.15) is 9.61 Å². The normalized spacial score (nSPS) is 11.2. The molecule has 26 heavy (non-hydrogen) atoms. The summed E-state index contributed by atoms with van der Waals surface area (Å²) >= 11 is 1.56. The van der Waals surface area contributed by atoms with E-state index in [0.29, 0.717) is 23.9 Å². The highest BCUT2D eigenvalue weighted by Crippen LogP contribution is 2.31. The van der Waals surface area contributed by atoms with Gasteiger partial charge in [-0.15, -0.1) is 0 Å². The number of nitrogens with zero attached hydrogens (tertiary/aromatic N) is 3. The van der Waals surface area contributed by atoms with Gasteiger partial charge in [0.05, 0.1) is 0 Å². The average Bonchev–Trinajstić information content (AvgIpc) is 3.19. The van der Waals surface area contributed by atoms with Crippen LogP contribution in [0.3, 0.4) is 0 Å². The molecule has 0 aliphatic carbocycles. The number of benzene rings is 1. The Hall–Kier alpha value is -2.47. The molecule has 0 aliphatic heterocycles. The first-order valence-electron chi connectivity index (χ1n) is 8.79. The summed E-state index contributed by atoms with van der Waals surface area (Å²) in [7, 11) is 0. The molecular formula is C20H23N3O2S. The lowest BCUT2D eigenvalue weighted by atomic mass is 10.1. The second-order valence-electron chi connectivity index (χ2n) is 6.38. The first-order valence-corrected chi connectivity index (χ1v) is 9.61. The Morgan fingerprint density at radius 1 is 1.31 bits per heavy atom. The molecule has 3 aromatic rings. The molecule has 6 heteroatoms. The molecule has 0 radical (unpaired) electrons. The van der Waals surface area contributed by atoms with E-state index in [-0.39, 0.29) is 0 Å². The minimum Gasteiger partial charge on any atom is -0.489 e. The van der Waals surface area contributed by atoms with Crippen molar-refractivity contribution in [1.29, 1.82) is 0 Å². The van der Waals surface area contributed by atoms with E-state index in [0.717, 1.165) is 46.0 Å². The second-order valence-corrected chi connectivity index (χ2v) is 7.37. The van der Waals surface area contributed by atoms with Crippen LogP contribution in [0.4, 0.5) is 0 Å². The van der Waals surface area contributed by atoms with Crippen molar-refractivity contribution in [3.8, 4) is 17.0 Å². The zero-order valence-electron chi connectivity index (χ0n) is 15.4. The zero-order valence-corrected chi connectivity index (χ0v) is 16.2. The minimum absolute atomic E-state index is 0.411. The summed E-state index contributed by atoms with van der Waals surface area (Å²) < 4.78 is 7.29. The molecule has 2 aromatic heterocycles. The summed E-state index contributed by atoms with van der Waals surface area (Å²) in [5.74, 6) is 1.17. The maximum absolute atomic E-state index is 11.7. The van der Waals surface area contributed by atoms with E-state index in [4.69, 9.17) is 4.74 Å². The number of ether oxygens (including phenoxy) is 1. The van der Waals surface area contributed by atoms with Crippen LogP contribution in [-0.2, 0) is 0 Å². The summed E-state index contributed by atoms with van der Waals surface area (Å²) in [5.41, 5.74) is 2.98. The van der Waals surface area contributed by atoms with Gasteiger partial charge < -0.3 is 4.74 Å². The number of imidazole rings is 1. The van der Waals surface area contributed by atoms with Gasteiger partial charge in [-0.25, -0.2) is 4.98 Å². The van der Waals surface area contributed by atoms with Gasteiger partial charge in [0.25, 0.3) is 0 Å². The smallest absolute Gasteiger partial charge is 0.213 e. The number of aromatic nitrogens is 3. The van der Waals surface area contributed by atoms with Crippen molar-refractivity contribution in [2.45, 2.75) is 39.5 Å². The molecule has 136 valence electrons. The van der Waals surface area contributed by atoms with Gasteiger partial charge in [0.15, 0.2) is 6.29 Å². The van der Waals surface area contributed by atoms with E-state index in [2.05, 4.69) is 30.5 Å². The van der Waals surface area contributed by atoms with E-state index in [1.54, 1.807) is 15.9 Å². The highest BCUT2D eigenvalue weighted by Gasteiger charge is 2.20. The number of carbonyl (C=O) groups excluding carboxylic acids is 1. The van der Waals surface area contributed by atoms with Crippen LogP contribution in [0.2, 0.25) is 0 Å². The van der Waals surface area contributed by atoms with Crippen molar-refractivity contribution in [2.75, 3.05) is 6.61 Å². The van der Waals surface area contributed by atoms with Gasteiger partial charge in [-0.1, -0.05) is 31.8 Å². The van der Waals surface area contributed by atoms with Crippen LogP contribution in [0.5, 0.6) is 5.75 Å². The molecular weight excluding hydrogens is 346 g/mol. The quantitative estimate of drug-likeness (QED) is 0.408. The number of hydrogen-bond acceptors (Lipinski definition) is 5. The number of aldehydes is 1. The van der Waals surface area contributed by atoms with Gasteiger partial charge in [0.2, 0.25) is 4.96 Å². The molecule has 0 fully saturated rings. The van der Waals surface area contributed by atoms with Gasteiger partial charge in [-0.3, -0.25) is 4.79 Å². The van der Waals surface area contributed by atoms with Crippen LogP contribution in [-0.4, -0.2) is 27.5 Å². The molecule has 0 aliphatic rings. The zero-order chi connectivity index (χ0) is 18.7. The van der Waals surface area contributed by atoms with Crippen molar-refractivity contribution >= 4 is 22.6 Å². The highest BCUT2D eigenvalue weighted by molar-refractivity contribution is 7.16. The fourth-order valence-electron chi connectivity index (χ4n) is 2.82. The van der Waals surface area contributed by atoms with E-state index in [1.165, 1.54) is 0 Å². The van der Waals surface area contributed by atoms with Gasteiger partial charge in [0.1, 0.15) is 28.8 Å². The fourth-order valence-corrected chi connectivity index (χ4v) is 3.99. The van der Waals surface area contributed by atoms with Crippen molar-refractivity contribution < 1.29 is 9.53 Å². The van der Waals surface area contributed by atoms with E-state index < -0.39 is 0 Å². The van der Waals surface area contributed by atoms with Crippen molar-refractivity contribution in [3.05, 3.63) is 47.1 Å². The standard InChI is InChI=1S/C20H23N3O2S/c1-5-14(6-2)19-22-23-17(11-24)18(21-20(23)26-19)15-7-9-16(10-8-15)25-12-13(3)4/h7-11,14H,3,5-6,12H2,1-2,4H3. The molecule has 0 amide bonds. The van der Waals surface area contributed by atoms with Crippen molar-refractivity contribution in [2.24, 2.45) is 0 Å². The van der Waals surface area contributed by atoms with Crippen LogP contribution in [0.15, 0.2) is 36.4 Å². The van der Waals surface area contributed by atoms with Crippen LogP contribution >= 0.6 is 11.3 Å². The molecule has 0 N–H and O–H groups in total.